The van der Waals surface area contributed by atoms with Crippen LogP contribution >= 0.6 is 14.1 Å². The Morgan fingerprint density at radius 3 is 0.821 bits per heavy atom. The first-order chi connectivity index (χ1) is 37.8. The standard InChI is InChI=1S/C64H47BF6O5P2/c66-63(67,68)52-45-53(64(69,70)71)47-56(46-52)72-65(75-77(57-27-7-1-8-28-57,58-29-9-2-10-30-58,59-31-11-3-12-32-59)73-54-41-39-48-23-19-21-25-50(48)43-54)76-78(60-33-13-4-14-34-60,61-35-15-5-16-36-61,62-37-17-6-18-38-62)74-55-42-40-49-24-20-22-26-51(49)44-55/h1-47H. The van der Waals surface area contributed by atoms with E-state index in [0.717, 1.165) is 21.5 Å². The van der Waals surface area contributed by atoms with Gasteiger partial charge in [0, 0.05) is 0 Å². The Kier molecular flexibility index (Phi) is 13.7. The summed E-state index contributed by atoms with van der Waals surface area (Å²) in [6.07, 6.45) is -10.5. The molecule has 0 saturated carbocycles. The van der Waals surface area contributed by atoms with Gasteiger partial charge in [0.25, 0.3) is 0 Å². The van der Waals surface area contributed by atoms with Crippen molar-refractivity contribution < 1.29 is 48.9 Å². The van der Waals surface area contributed by atoms with Crippen molar-refractivity contribution in [3.63, 3.8) is 0 Å². The predicted octanol–water partition coefficient (Wildman–Crippen LogP) is 15.3. The minimum absolute atomic E-state index is 0.0467. The number of hydrogen-bond donors (Lipinski definition) is 0. The molecule has 0 aromatic heterocycles. The zero-order chi connectivity index (χ0) is 53.9. The van der Waals surface area contributed by atoms with Crippen molar-refractivity contribution in [3.8, 4) is 17.2 Å². The summed E-state index contributed by atoms with van der Waals surface area (Å²) in [4.78, 5) is 0. The van der Waals surface area contributed by atoms with Crippen LogP contribution in [0, 0.1) is 0 Å². The molecule has 0 unspecified atom stereocenters. The van der Waals surface area contributed by atoms with E-state index >= 15 is 26.3 Å². The van der Waals surface area contributed by atoms with Crippen LogP contribution in [-0.2, 0) is 21.2 Å². The van der Waals surface area contributed by atoms with Gasteiger partial charge in [0.1, 0.15) is 0 Å². The van der Waals surface area contributed by atoms with Gasteiger partial charge in [-0.1, -0.05) is 0 Å². The van der Waals surface area contributed by atoms with Crippen molar-refractivity contribution in [3.05, 3.63) is 296 Å². The summed E-state index contributed by atoms with van der Waals surface area (Å²) in [6.45, 7) is 0. The normalized spacial score (nSPS) is 13.2. The molecule has 0 aliphatic rings. The molecule has 0 aliphatic heterocycles. The van der Waals surface area contributed by atoms with Crippen molar-refractivity contribution >= 4 is 74.8 Å². The van der Waals surface area contributed by atoms with Gasteiger partial charge in [0.05, 0.1) is 0 Å². The van der Waals surface area contributed by atoms with Gasteiger partial charge in [0.15, 0.2) is 0 Å². The van der Waals surface area contributed by atoms with Crippen molar-refractivity contribution in [1.29, 1.82) is 0 Å². The molecule has 14 heteroatoms. The molecule has 0 atom stereocenters. The van der Waals surface area contributed by atoms with Crippen LogP contribution in [0.5, 0.6) is 17.2 Å². The fourth-order valence-electron chi connectivity index (χ4n) is 10.2. The van der Waals surface area contributed by atoms with Gasteiger partial charge in [-0.2, -0.15) is 0 Å². The van der Waals surface area contributed by atoms with Gasteiger partial charge in [-0.05, 0) is 0 Å². The van der Waals surface area contributed by atoms with E-state index in [1.165, 1.54) is 0 Å². The van der Waals surface area contributed by atoms with Crippen LogP contribution < -0.4 is 45.5 Å². The molecular formula is C64H47BF6O5P2. The first kappa shape index (κ1) is 51.8. The maximum atomic E-state index is 15.1. The van der Waals surface area contributed by atoms with Gasteiger partial charge < -0.3 is 0 Å². The Labute approximate surface area is 447 Å². The molecule has 0 spiro atoms. The van der Waals surface area contributed by atoms with Crippen molar-refractivity contribution in [2.45, 2.75) is 12.4 Å². The molecule has 0 fully saturated rings. The maximum absolute atomic E-state index is 15.1. The minimum atomic E-state index is -5.48. The zero-order valence-corrected chi connectivity index (χ0v) is 43.2. The molecule has 0 saturated heterocycles. The second-order valence-corrected chi connectivity index (χ2v) is 26.2. The molecule has 0 heterocycles. The summed E-state index contributed by atoms with van der Waals surface area (Å²) in [6, 6.07) is 81.9. The average molecular weight is 1080 g/mol. The molecule has 11 aromatic carbocycles. The van der Waals surface area contributed by atoms with Gasteiger partial charge in [-0.25, -0.2) is 0 Å². The van der Waals surface area contributed by atoms with E-state index in [9.17, 15) is 0 Å². The first-order valence-corrected chi connectivity index (χ1v) is 29.0. The molecule has 0 aliphatic carbocycles. The second kappa shape index (κ2) is 20.6. The third kappa shape index (κ3) is 9.35. The predicted molar refractivity (Wildman–Crippen MR) is 304 cm³/mol. The monoisotopic (exact) mass is 1080 g/mol. The van der Waals surface area contributed by atoms with Crippen molar-refractivity contribution in [1.82, 2.24) is 0 Å². The third-order valence-corrected chi connectivity index (χ3v) is 23.4. The second-order valence-electron chi connectivity index (χ2n) is 18.5. The van der Waals surface area contributed by atoms with Crippen LogP contribution in [0.4, 0.5) is 26.3 Å². The molecule has 0 bridgehead atoms. The van der Waals surface area contributed by atoms with Crippen LogP contribution in [0.1, 0.15) is 11.1 Å². The van der Waals surface area contributed by atoms with Gasteiger partial charge in [-0.15, -0.1) is 0 Å². The number of benzene rings is 11. The van der Waals surface area contributed by atoms with E-state index in [2.05, 4.69) is 0 Å². The fraction of sp³-hybridized carbons (Fsp3) is 0.0312. The Morgan fingerprint density at radius 1 is 0.269 bits per heavy atom. The number of rotatable bonds is 16. The van der Waals surface area contributed by atoms with Crippen molar-refractivity contribution in [2.24, 2.45) is 0 Å². The van der Waals surface area contributed by atoms with Crippen LogP contribution in [-0.4, -0.2) is 7.32 Å². The molecular weight excluding hydrogens is 1040 g/mol. The van der Waals surface area contributed by atoms with E-state index in [0.29, 0.717) is 55.5 Å². The Bertz CT molecular complexity index is 3420. The SMILES string of the molecule is FC(F)(F)c1cc(OB(OP(Oc2ccc3ccccc3c2)(c2ccccc2)(c2ccccc2)c2ccccc2)OP(Oc2ccc3ccccc3c2)(c2ccccc2)(c2ccccc2)c2ccccc2)cc(C(F)(F)F)c1. The van der Waals surface area contributed by atoms with Crippen LogP contribution in [0.2, 0.25) is 0 Å². The summed E-state index contributed by atoms with van der Waals surface area (Å²) in [5.74, 6) is -0.270. The molecule has 5 nitrogen and oxygen atoms in total. The first-order valence-electron chi connectivity index (χ1n) is 24.9. The molecule has 0 N–H and O–H groups in total. The molecule has 11 rings (SSSR count). The molecule has 0 amide bonds. The summed E-state index contributed by atoms with van der Waals surface area (Å²) in [5.41, 5.74) is -3.24. The Hall–Kier alpha value is -8.24. The van der Waals surface area contributed by atoms with Gasteiger partial charge in [-0.3, -0.25) is 0 Å². The molecule has 78 heavy (non-hydrogen) atoms. The molecule has 11 aromatic rings. The zero-order valence-electron chi connectivity index (χ0n) is 41.4. The van der Waals surface area contributed by atoms with Crippen LogP contribution in [0.3, 0.4) is 0 Å². The van der Waals surface area contributed by atoms with E-state index in [4.69, 9.17) is 22.6 Å². The van der Waals surface area contributed by atoms with Crippen LogP contribution in [0.25, 0.3) is 21.5 Å². The van der Waals surface area contributed by atoms with Crippen molar-refractivity contribution in [2.75, 3.05) is 0 Å². The summed E-state index contributed by atoms with van der Waals surface area (Å²) in [7, 11) is -13.3. The number of halogens is 6. The summed E-state index contributed by atoms with van der Waals surface area (Å²) >= 11 is 0. The van der Waals surface area contributed by atoms with E-state index in [1.54, 1.807) is 84.9 Å². The van der Waals surface area contributed by atoms with E-state index < -0.39 is 50.7 Å². The Balaban J connectivity index is 1.30. The topological polar surface area (TPSA) is 46.2 Å². The van der Waals surface area contributed by atoms with Gasteiger partial charge >= 0.3 is 450 Å². The Morgan fingerprint density at radius 2 is 0.538 bits per heavy atom. The molecule has 388 valence electrons. The fourth-order valence-corrected chi connectivity index (χ4v) is 19.6. The van der Waals surface area contributed by atoms with Crippen LogP contribution in [0.15, 0.2) is 285 Å². The van der Waals surface area contributed by atoms with E-state index in [-0.39, 0.29) is 6.07 Å². The third-order valence-electron chi connectivity index (χ3n) is 13.7. The van der Waals surface area contributed by atoms with Gasteiger partial charge in [0.2, 0.25) is 0 Å². The molecule has 0 radical (unpaired) electrons. The summed E-state index contributed by atoms with van der Waals surface area (Å²) < 4.78 is 129. The van der Waals surface area contributed by atoms with E-state index in [1.807, 2.05) is 182 Å². The quantitative estimate of drug-likeness (QED) is 0.0548. The number of alkyl halides is 6. The number of fused-ring (bicyclic) bond motifs is 2. The average Bonchev–Trinajstić information content (AvgIpc) is 2.28. The number of hydrogen-bond acceptors (Lipinski definition) is 5. The summed E-state index contributed by atoms with van der Waals surface area (Å²) in [5, 5.41) is 6.00.